The summed E-state index contributed by atoms with van der Waals surface area (Å²) in [6.07, 6.45) is 0.897. The molecular formula is C19H26F2IN3O2S. The van der Waals surface area contributed by atoms with Crippen LogP contribution in [0, 0.1) is 6.92 Å². The van der Waals surface area contributed by atoms with E-state index in [1.165, 1.54) is 22.9 Å². The Morgan fingerprint density at radius 2 is 1.96 bits per heavy atom. The van der Waals surface area contributed by atoms with E-state index in [0.29, 0.717) is 12.5 Å². The highest BCUT2D eigenvalue weighted by atomic mass is 127. The highest BCUT2D eigenvalue weighted by Gasteiger charge is 2.12. The molecular weight excluding hydrogens is 499 g/mol. The van der Waals surface area contributed by atoms with Gasteiger partial charge in [-0.2, -0.15) is 8.78 Å². The monoisotopic (exact) mass is 525 g/mol. The lowest BCUT2D eigenvalue weighted by Gasteiger charge is -2.18. The molecule has 0 aliphatic heterocycles. The molecule has 28 heavy (non-hydrogen) atoms. The first-order chi connectivity index (χ1) is 12.9. The van der Waals surface area contributed by atoms with Crippen molar-refractivity contribution in [2.45, 2.75) is 39.5 Å². The number of methoxy groups -OCH3 is 1. The number of guanidine groups is 1. The summed E-state index contributed by atoms with van der Waals surface area (Å²) in [6.45, 7) is 1.68. The van der Waals surface area contributed by atoms with Crippen LogP contribution in [0.3, 0.4) is 0 Å². The lowest BCUT2D eigenvalue weighted by Crippen LogP contribution is -2.42. The fourth-order valence-corrected chi connectivity index (χ4v) is 3.60. The van der Waals surface area contributed by atoms with Crippen molar-refractivity contribution in [3.63, 3.8) is 0 Å². The number of hydrogen-bond donors (Lipinski definition) is 2. The van der Waals surface area contributed by atoms with Gasteiger partial charge in [0.1, 0.15) is 0 Å². The molecule has 156 valence electrons. The third-order valence-corrected chi connectivity index (χ3v) is 4.84. The molecule has 0 spiro atoms. The third-order valence-electron chi connectivity index (χ3n) is 3.81. The summed E-state index contributed by atoms with van der Waals surface area (Å²) >= 11 is 1.78. The molecule has 0 aliphatic carbocycles. The van der Waals surface area contributed by atoms with E-state index in [4.69, 9.17) is 4.74 Å². The van der Waals surface area contributed by atoms with E-state index >= 15 is 0 Å². The van der Waals surface area contributed by atoms with Gasteiger partial charge in [-0.25, -0.2) is 0 Å². The minimum Gasteiger partial charge on any atom is -0.493 e. The molecule has 1 aromatic heterocycles. The van der Waals surface area contributed by atoms with E-state index in [9.17, 15) is 8.78 Å². The van der Waals surface area contributed by atoms with Crippen molar-refractivity contribution in [2.75, 3.05) is 14.2 Å². The van der Waals surface area contributed by atoms with Gasteiger partial charge >= 0.3 is 6.61 Å². The van der Waals surface area contributed by atoms with Gasteiger partial charge in [0, 0.05) is 35.8 Å². The fraction of sp³-hybridized carbons (Fsp3) is 0.421. The molecule has 0 radical (unpaired) electrons. The summed E-state index contributed by atoms with van der Waals surface area (Å²) in [5.41, 5.74) is 0.774. The van der Waals surface area contributed by atoms with Gasteiger partial charge in [0.05, 0.1) is 7.11 Å². The fourth-order valence-electron chi connectivity index (χ4n) is 2.58. The second-order valence-electron chi connectivity index (χ2n) is 6.05. The van der Waals surface area contributed by atoms with Gasteiger partial charge < -0.3 is 20.1 Å². The van der Waals surface area contributed by atoms with Crippen molar-refractivity contribution in [1.29, 1.82) is 0 Å². The first-order valence-corrected chi connectivity index (χ1v) is 9.37. The zero-order valence-corrected chi connectivity index (χ0v) is 19.4. The summed E-state index contributed by atoms with van der Waals surface area (Å²) in [4.78, 5) is 6.82. The number of halogens is 3. The van der Waals surface area contributed by atoms with Gasteiger partial charge in [0.15, 0.2) is 17.5 Å². The normalized spacial score (nSPS) is 12.3. The molecule has 0 fully saturated rings. The largest absolute Gasteiger partial charge is 0.493 e. The van der Waals surface area contributed by atoms with E-state index in [2.05, 4.69) is 46.3 Å². The highest BCUT2D eigenvalue weighted by Crippen LogP contribution is 2.29. The quantitative estimate of drug-likeness (QED) is 0.301. The zero-order chi connectivity index (χ0) is 19.8. The van der Waals surface area contributed by atoms with Crippen LogP contribution in [-0.4, -0.2) is 32.8 Å². The Labute approximate surface area is 185 Å². The third kappa shape index (κ3) is 7.78. The summed E-state index contributed by atoms with van der Waals surface area (Å²) in [5, 5.41) is 6.52. The lowest BCUT2D eigenvalue weighted by atomic mass is 10.2. The topological polar surface area (TPSA) is 54.9 Å². The number of nitrogens with zero attached hydrogens (tertiary/aromatic N) is 1. The Bertz CT molecular complexity index is 771. The van der Waals surface area contributed by atoms with Crippen molar-refractivity contribution < 1.29 is 18.3 Å². The molecule has 2 N–H and O–H groups in total. The molecule has 1 aromatic carbocycles. The van der Waals surface area contributed by atoms with Crippen LogP contribution in [-0.2, 0) is 13.0 Å². The number of alkyl halides is 2. The van der Waals surface area contributed by atoms with E-state index in [1.54, 1.807) is 30.5 Å². The molecule has 1 heterocycles. The minimum atomic E-state index is -2.90. The van der Waals surface area contributed by atoms with Crippen LogP contribution in [0.5, 0.6) is 11.5 Å². The molecule has 1 unspecified atom stereocenters. The summed E-state index contributed by atoms with van der Waals surface area (Å²) in [5.74, 6) is 0.917. The van der Waals surface area contributed by atoms with Gasteiger partial charge in [0.2, 0.25) is 0 Å². The molecule has 0 saturated heterocycles. The van der Waals surface area contributed by atoms with E-state index in [-0.39, 0.29) is 41.5 Å². The smallest absolute Gasteiger partial charge is 0.387 e. The van der Waals surface area contributed by atoms with Crippen molar-refractivity contribution in [3.8, 4) is 11.5 Å². The molecule has 0 amide bonds. The molecule has 0 aliphatic rings. The number of thiophene rings is 1. The van der Waals surface area contributed by atoms with Crippen LogP contribution in [0.2, 0.25) is 0 Å². The zero-order valence-electron chi connectivity index (χ0n) is 16.3. The Balaban J connectivity index is 0.00000392. The number of hydrogen-bond acceptors (Lipinski definition) is 4. The average molecular weight is 525 g/mol. The van der Waals surface area contributed by atoms with Gasteiger partial charge in [-0.05, 0) is 43.7 Å². The van der Waals surface area contributed by atoms with Crippen molar-refractivity contribution in [3.05, 3.63) is 45.6 Å². The number of benzene rings is 1. The Morgan fingerprint density at radius 1 is 1.21 bits per heavy atom. The maximum Gasteiger partial charge on any atom is 0.387 e. The molecule has 2 aromatic rings. The van der Waals surface area contributed by atoms with Gasteiger partial charge in [0.25, 0.3) is 0 Å². The molecule has 1 atom stereocenters. The van der Waals surface area contributed by atoms with Crippen molar-refractivity contribution >= 4 is 41.3 Å². The number of rotatable bonds is 8. The number of aliphatic imine (C=N–C) groups is 1. The Kier molecular flexibility index (Phi) is 10.5. The van der Waals surface area contributed by atoms with E-state index in [1.807, 2.05) is 0 Å². The number of nitrogens with one attached hydrogen (secondary N) is 2. The second kappa shape index (κ2) is 12.1. The van der Waals surface area contributed by atoms with Crippen LogP contribution < -0.4 is 20.1 Å². The standard InChI is InChI=1S/C19H25F2N3O2S.HI/c1-12(9-15-7-5-13(2)27-15)24-19(22-3)23-11-14-6-8-16(25-4)17(10-14)26-18(20)21;/h5-8,10,12,18H,9,11H2,1-4H3,(H2,22,23,24);1H. The van der Waals surface area contributed by atoms with Crippen molar-refractivity contribution in [1.82, 2.24) is 10.6 Å². The molecule has 0 bridgehead atoms. The predicted molar refractivity (Wildman–Crippen MR) is 121 cm³/mol. The molecule has 2 rings (SSSR count). The van der Waals surface area contributed by atoms with E-state index < -0.39 is 6.61 Å². The number of aryl methyl sites for hydroxylation is 1. The van der Waals surface area contributed by atoms with Crippen LogP contribution in [0.1, 0.15) is 22.2 Å². The van der Waals surface area contributed by atoms with Gasteiger partial charge in [-0.1, -0.05) is 6.07 Å². The van der Waals surface area contributed by atoms with E-state index in [0.717, 1.165) is 12.0 Å². The lowest BCUT2D eigenvalue weighted by molar-refractivity contribution is -0.0512. The summed E-state index contributed by atoms with van der Waals surface area (Å²) < 4.78 is 34.6. The molecule has 0 saturated carbocycles. The first-order valence-electron chi connectivity index (χ1n) is 8.55. The van der Waals surface area contributed by atoms with Crippen LogP contribution in [0.4, 0.5) is 8.78 Å². The summed E-state index contributed by atoms with van der Waals surface area (Å²) in [7, 11) is 3.10. The highest BCUT2D eigenvalue weighted by molar-refractivity contribution is 14.0. The maximum absolute atomic E-state index is 12.5. The van der Waals surface area contributed by atoms with Crippen LogP contribution in [0.25, 0.3) is 0 Å². The molecule has 5 nitrogen and oxygen atoms in total. The van der Waals surface area contributed by atoms with Crippen LogP contribution in [0.15, 0.2) is 35.3 Å². The Hall–Kier alpha value is -1.62. The van der Waals surface area contributed by atoms with Gasteiger partial charge in [-0.15, -0.1) is 35.3 Å². The SMILES string of the molecule is CN=C(NCc1ccc(OC)c(OC(F)F)c1)NC(C)Cc1ccc(C)s1.I. The minimum absolute atomic E-state index is 0. The van der Waals surface area contributed by atoms with Crippen molar-refractivity contribution in [2.24, 2.45) is 4.99 Å². The Morgan fingerprint density at radius 3 is 2.54 bits per heavy atom. The van der Waals surface area contributed by atoms with Gasteiger partial charge in [-0.3, -0.25) is 4.99 Å². The first kappa shape index (κ1) is 24.4. The predicted octanol–water partition coefficient (Wildman–Crippen LogP) is 4.58. The average Bonchev–Trinajstić information content (AvgIpc) is 3.02. The second-order valence-corrected chi connectivity index (χ2v) is 7.42. The summed E-state index contributed by atoms with van der Waals surface area (Å²) in [6, 6.07) is 9.37. The van der Waals surface area contributed by atoms with Crippen LogP contribution >= 0.6 is 35.3 Å². The molecule has 9 heteroatoms. The number of ether oxygens (including phenoxy) is 2. The maximum atomic E-state index is 12.5.